The molecule has 0 saturated carbocycles. The van der Waals surface area contributed by atoms with Crippen LogP contribution in [0.1, 0.15) is 55.8 Å². The van der Waals surface area contributed by atoms with E-state index in [-0.39, 0.29) is 23.6 Å². The van der Waals surface area contributed by atoms with Crippen LogP contribution >= 0.6 is 0 Å². The number of nitrogens with zero attached hydrogens (tertiary/aromatic N) is 2. The van der Waals surface area contributed by atoms with E-state index in [0.29, 0.717) is 29.8 Å². The third-order valence-corrected chi connectivity index (χ3v) is 5.48. The third kappa shape index (κ3) is 5.02. The van der Waals surface area contributed by atoms with Gasteiger partial charge in [0.25, 0.3) is 5.91 Å². The van der Waals surface area contributed by atoms with Crippen molar-refractivity contribution in [2.45, 2.75) is 33.2 Å². The first kappa shape index (κ1) is 24.3. The van der Waals surface area contributed by atoms with Crippen molar-refractivity contribution in [1.29, 1.82) is 0 Å². The third-order valence-electron chi connectivity index (χ3n) is 5.48. The largest absolute Gasteiger partial charge is 0.464 e. The highest BCUT2D eigenvalue weighted by atomic mass is 19.1. The molecule has 1 heterocycles. The number of ketones is 1. The SMILES string of the molecule is COCCCN(C(=O)c1cccc(F)c1)C(C)C(=O)c1c(C)c(C(=O)OC)n(C)c1C. The molecule has 0 aliphatic heterocycles. The first-order valence-electron chi connectivity index (χ1n) is 9.99. The van der Waals surface area contributed by atoms with Crippen molar-refractivity contribution in [1.82, 2.24) is 9.47 Å². The van der Waals surface area contributed by atoms with Crippen LogP contribution in [0.2, 0.25) is 0 Å². The van der Waals surface area contributed by atoms with Gasteiger partial charge in [-0.2, -0.15) is 0 Å². The Morgan fingerprint density at radius 3 is 2.45 bits per heavy atom. The summed E-state index contributed by atoms with van der Waals surface area (Å²) >= 11 is 0. The molecular weight excluding hydrogens is 403 g/mol. The zero-order chi connectivity index (χ0) is 23.3. The Kier molecular flexibility index (Phi) is 8.10. The minimum absolute atomic E-state index is 0.161. The van der Waals surface area contributed by atoms with Gasteiger partial charge in [0.2, 0.25) is 0 Å². The summed E-state index contributed by atoms with van der Waals surface area (Å²) in [4.78, 5) is 40.2. The first-order valence-corrected chi connectivity index (χ1v) is 9.99. The van der Waals surface area contributed by atoms with Gasteiger partial charge in [0.1, 0.15) is 11.5 Å². The summed E-state index contributed by atoms with van der Waals surface area (Å²) in [5, 5.41) is 0. The summed E-state index contributed by atoms with van der Waals surface area (Å²) in [5.41, 5.74) is 1.93. The van der Waals surface area contributed by atoms with E-state index in [0.717, 1.165) is 6.07 Å². The standard InChI is InChI=1S/C23H29FN2O5/c1-14-19(15(2)25(4)20(14)23(29)31-6)21(27)16(3)26(11-8-12-30-5)22(28)17-9-7-10-18(24)13-17/h7,9-10,13,16H,8,11-12H2,1-6H3. The van der Waals surface area contributed by atoms with Crippen LogP contribution in [0.3, 0.4) is 0 Å². The predicted molar refractivity (Wildman–Crippen MR) is 114 cm³/mol. The lowest BCUT2D eigenvalue weighted by Crippen LogP contribution is -2.44. The lowest BCUT2D eigenvalue weighted by molar-refractivity contribution is 0.0587. The Morgan fingerprint density at radius 1 is 1.19 bits per heavy atom. The molecule has 0 spiro atoms. The van der Waals surface area contributed by atoms with Gasteiger partial charge in [-0.25, -0.2) is 9.18 Å². The molecule has 1 unspecified atom stereocenters. The van der Waals surface area contributed by atoms with Crippen LogP contribution in [-0.4, -0.2) is 60.5 Å². The number of carbonyl (C=O) groups excluding carboxylic acids is 3. The number of hydrogen-bond acceptors (Lipinski definition) is 5. The summed E-state index contributed by atoms with van der Waals surface area (Å²) in [6.45, 7) is 5.72. The summed E-state index contributed by atoms with van der Waals surface area (Å²) in [6.07, 6.45) is 0.509. The molecule has 0 radical (unpaired) electrons. The molecule has 0 aliphatic rings. The lowest BCUT2D eigenvalue weighted by Gasteiger charge is -2.29. The zero-order valence-corrected chi connectivity index (χ0v) is 18.8. The Balaban J connectivity index is 2.45. The van der Waals surface area contributed by atoms with E-state index in [1.54, 1.807) is 39.5 Å². The normalized spacial score (nSPS) is 11.8. The molecule has 1 atom stereocenters. The molecule has 2 aromatic rings. The minimum atomic E-state index is -0.835. The maximum absolute atomic E-state index is 13.7. The molecule has 0 N–H and O–H groups in total. The van der Waals surface area contributed by atoms with Crippen LogP contribution in [-0.2, 0) is 16.5 Å². The van der Waals surface area contributed by atoms with E-state index < -0.39 is 23.7 Å². The number of carbonyl (C=O) groups is 3. The Labute approximate surface area is 181 Å². The fourth-order valence-corrected chi connectivity index (χ4v) is 3.71. The molecule has 0 aliphatic carbocycles. The highest BCUT2D eigenvalue weighted by molar-refractivity contribution is 6.07. The summed E-state index contributed by atoms with van der Waals surface area (Å²) < 4.78 is 25.2. The van der Waals surface area contributed by atoms with Crippen molar-refractivity contribution in [3.05, 3.63) is 58.2 Å². The van der Waals surface area contributed by atoms with Crippen molar-refractivity contribution in [3.8, 4) is 0 Å². The molecule has 7 nitrogen and oxygen atoms in total. The van der Waals surface area contributed by atoms with E-state index in [1.807, 2.05) is 0 Å². The van der Waals surface area contributed by atoms with Crippen LogP contribution in [0.5, 0.6) is 0 Å². The summed E-state index contributed by atoms with van der Waals surface area (Å²) in [7, 11) is 4.52. The maximum atomic E-state index is 13.7. The number of amides is 1. The van der Waals surface area contributed by atoms with E-state index in [1.165, 1.54) is 30.2 Å². The van der Waals surface area contributed by atoms with Crippen LogP contribution < -0.4 is 0 Å². The maximum Gasteiger partial charge on any atom is 0.354 e. The molecule has 1 aromatic heterocycles. The van der Waals surface area contributed by atoms with Crippen LogP contribution in [0.15, 0.2) is 24.3 Å². The van der Waals surface area contributed by atoms with Crippen LogP contribution in [0.25, 0.3) is 0 Å². The molecule has 0 fully saturated rings. The Bertz CT molecular complexity index is 983. The van der Waals surface area contributed by atoms with Crippen molar-refractivity contribution < 1.29 is 28.2 Å². The van der Waals surface area contributed by atoms with Crippen LogP contribution in [0.4, 0.5) is 4.39 Å². The second kappa shape index (κ2) is 10.3. The van der Waals surface area contributed by atoms with Crippen molar-refractivity contribution >= 4 is 17.7 Å². The van der Waals surface area contributed by atoms with Gasteiger partial charge in [0, 0.05) is 44.1 Å². The van der Waals surface area contributed by atoms with Gasteiger partial charge in [-0.1, -0.05) is 6.07 Å². The minimum Gasteiger partial charge on any atom is -0.464 e. The number of halogens is 1. The fraction of sp³-hybridized carbons (Fsp3) is 0.435. The zero-order valence-electron chi connectivity index (χ0n) is 18.8. The highest BCUT2D eigenvalue weighted by Gasteiger charge is 2.32. The first-order chi connectivity index (χ1) is 14.6. The summed E-state index contributed by atoms with van der Waals surface area (Å²) in [5.74, 6) is -1.82. The Morgan fingerprint density at radius 2 is 1.87 bits per heavy atom. The molecule has 8 heteroatoms. The van der Waals surface area contributed by atoms with Gasteiger partial charge in [-0.05, 0) is 51.0 Å². The molecule has 1 amide bonds. The van der Waals surface area contributed by atoms with Gasteiger partial charge in [0.15, 0.2) is 5.78 Å². The lowest BCUT2D eigenvalue weighted by atomic mass is 9.99. The van der Waals surface area contributed by atoms with Gasteiger partial charge < -0.3 is 18.9 Å². The van der Waals surface area contributed by atoms with Crippen molar-refractivity contribution in [2.75, 3.05) is 27.4 Å². The molecular formula is C23H29FN2O5. The molecule has 31 heavy (non-hydrogen) atoms. The van der Waals surface area contributed by atoms with Gasteiger partial charge in [0.05, 0.1) is 13.2 Å². The number of Topliss-reactive ketones (excluding diaryl/α,β-unsaturated/α-hetero) is 1. The smallest absolute Gasteiger partial charge is 0.354 e. The molecule has 0 saturated heterocycles. The molecule has 168 valence electrons. The average molecular weight is 432 g/mol. The van der Waals surface area contributed by atoms with Gasteiger partial charge in [-0.3, -0.25) is 9.59 Å². The van der Waals surface area contributed by atoms with E-state index in [9.17, 15) is 18.8 Å². The number of aromatic nitrogens is 1. The van der Waals surface area contributed by atoms with Crippen LogP contribution in [0, 0.1) is 19.7 Å². The monoisotopic (exact) mass is 432 g/mol. The van der Waals surface area contributed by atoms with E-state index in [4.69, 9.17) is 9.47 Å². The quantitative estimate of drug-likeness (QED) is 0.345. The molecule has 1 aromatic carbocycles. The van der Waals surface area contributed by atoms with E-state index in [2.05, 4.69) is 0 Å². The molecule has 2 rings (SSSR count). The predicted octanol–water partition coefficient (Wildman–Crippen LogP) is 3.32. The number of rotatable bonds is 9. The second-order valence-corrected chi connectivity index (χ2v) is 7.38. The summed E-state index contributed by atoms with van der Waals surface area (Å²) in [6, 6.07) is 4.54. The van der Waals surface area contributed by atoms with Crippen molar-refractivity contribution in [3.63, 3.8) is 0 Å². The Hall–Kier alpha value is -3.00. The number of benzene rings is 1. The topological polar surface area (TPSA) is 77.8 Å². The number of ether oxygens (including phenoxy) is 2. The number of methoxy groups -OCH3 is 2. The highest BCUT2D eigenvalue weighted by Crippen LogP contribution is 2.25. The van der Waals surface area contributed by atoms with Gasteiger partial charge >= 0.3 is 5.97 Å². The number of hydrogen-bond donors (Lipinski definition) is 0. The average Bonchev–Trinajstić information content (AvgIpc) is 2.97. The van der Waals surface area contributed by atoms with Crippen molar-refractivity contribution in [2.24, 2.45) is 7.05 Å². The molecule has 0 bridgehead atoms. The van der Waals surface area contributed by atoms with Gasteiger partial charge in [-0.15, -0.1) is 0 Å². The van der Waals surface area contributed by atoms with E-state index >= 15 is 0 Å². The fourth-order valence-electron chi connectivity index (χ4n) is 3.71. The second-order valence-electron chi connectivity index (χ2n) is 7.38. The number of esters is 1.